The van der Waals surface area contributed by atoms with Gasteiger partial charge in [0.05, 0.1) is 17.2 Å². The van der Waals surface area contributed by atoms with Crippen LogP contribution in [0, 0.1) is 0 Å². The van der Waals surface area contributed by atoms with Crippen molar-refractivity contribution in [2.24, 2.45) is 0 Å². The number of halogens is 1. The molecule has 1 aromatic carbocycles. The Kier molecular flexibility index (Phi) is 5.04. The molecule has 0 radical (unpaired) electrons. The monoisotopic (exact) mass is 318 g/mol. The number of sulfonamides is 1. The van der Waals surface area contributed by atoms with Crippen molar-refractivity contribution in [3.63, 3.8) is 0 Å². The Morgan fingerprint density at radius 2 is 2.20 bits per heavy atom. The first-order valence-electron chi connectivity index (χ1n) is 6.47. The Balaban J connectivity index is 2.11. The second-order valence-corrected chi connectivity index (χ2v) is 7.14. The molecule has 0 bridgehead atoms. The van der Waals surface area contributed by atoms with Crippen LogP contribution in [0.1, 0.15) is 12.8 Å². The average molecular weight is 319 g/mol. The lowest BCUT2D eigenvalue weighted by Gasteiger charge is -2.28. The van der Waals surface area contributed by atoms with E-state index in [4.69, 9.17) is 16.3 Å². The van der Waals surface area contributed by atoms with Gasteiger partial charge in [-0.2, -0.15) is 0 Å². The Morgan fingerprint density at radius 3 is 2.80 bits per heavy atom. The van der Waals surface area contributed by atoms with Gasteiger partial charge in [-0.3, -0.25) is 0 Å². The minimum Gasteiger partial charge on any atom is -0.383 e. The van der Waals surface area contributed by atoms with Crippen LogP contribution in [0.4, 0.5) is 0 Å². The molecular formula is C13H19ClN2O3S. The molecule has 0 amide bonds. The zero-order chi connectivity index (χ0) is 14.6. The number of benzene rings is 1. The molecule has 0 saturated carbocycles. The molecule has 5 nitrogen and oxygen atoms in total. The van der Waals surface area contributed by atoms with Crippen LogP contribution in [0.5, 0.6) is 0 Å². The second kappa shape index (κ2) is 6.41. The predicted molar refractivity (Wildman–Crippen MR) is 78.5 cm³/mol. The SMILES string of the molecule is COCC1(CNS(=O)(=O)c2ccccc2Cl)CCCN1. The maximum Gasteiger partial charge on any atom is 0.242 e. The van der Waals surface area contributed by atoms with Gasteiger partial charge in [0.1, 0.15) is 4.90 Å². The molecule has 1 aliphatic heterocycles. The fourth-order valence-corrected chi connectivity index (χ4v) is 4.09. The van der Waals surface area contributed by atoms with Crippen molar-refractivity contribution in [1.29, 1.82) is 0 Å². The summed E-state index contributed by atoms with van der Waals surface area (Å²) < 4.78 is 32.4. The van der Waals surface area contributed by atoms with Crippen LogP contribution in [0.3, 0.4) is 0 Å². The van der Waals surface area contributed by atoms with Crippen LogP contribution in [0.25, 0.3) is 0 Å². The first kappa shape index (κ1) is 15.7. The van der Waals surface area contributed by atoms with Gasteiger partial charge in [0, 0.05) is 13.7 Å². The van der Waals surface area contributed by atoms with E-state index in [0.717, 1.165) is 19.4 Å². The van der Waals surface area contributed by atoms with Gasteiger partial charge in [-0.05, 0) is 31.5 Å². The summed E-state index contributed by atoms with van der Waals surface area (Å²) in [6, 6.07) is 6.41. The molecule has 1 saturated heterocycles. The maximum atomic E-state index is 12.3. The minimum absolute atomic E-state index is 0.104. The van der Waals surface area contributed by atoms with E-state index in [1.54, 1.807) is 25.3 Å². The molecule has 1 unspecified atom stereocenters. The molecule has 20 heavy (non-hydrogen) atoms. The van der Waals surface area contributed by atoms with Gasteiger partial charge in [0.2, 0.25) is 10.0 Å². The zero-order valence-corrected chi connectivity index (χ0v) is 12.9. The number of methoxy groups -OCH3 is 1. The van der Waals surface area contributed by atoms with E-state index >= 15 is 0 Å². The molecule has 1 aliphatic rings. The summed E-state index contributed by atoms with van der Waals surface area (Å²) in [7, 11) is -2.00. The molecule has 2 rings (SSSR count). The van der Waals surface area contributed by atoms with E-state index in [1.807, 2.05) is 0 Å². The van der Waals surface area contributed by atoms with Crippen LogP contribution < -0.4 is 10.0 Å². The Morgan fingerprint density at radius 1 is 1.45 bits per heavy atom. The standard InChI is InChI=1S/C13H19ClN2O3S/c1-19-10-13(7-4-8-15-13)9-16-20(17,18)12-6-3-2-5-11(12)14/h2-3,5-6,15-16H,4,7-10H2,1H3. The van der Waals surface area contributed by atoms with E-state index in [0.29, 0.717) is 6.61 Å². The molecule has 1 atom stereocenters. The van der Waals surface area contributed by atoms with Gasteiger partial charge >= 0.3 is 0 Å². The normalized spacial score (nSPS) is 23.1. The Bertz CT molecular complexity index is 556. The highest BCUT2D eigenvalue weighted by Crippen LogP contribution is 2.23. The van der Waals surface area contributed by atoms with E-state index < -0.39 is 10.0 Å². The van der Waals surface area contributed by atoms with Crippen molar-refractivity contribution in [2.45, 2.75) is 23.3 Å². The lowest BCUT2D eigenvalue weighted by atomic mass is 9.99. The fourth-order valence-electron chi connectivity index (χ4n) is 2.44. The molecule has 1 fully saturated rings. The molecule has 0 aromatic heterocycles. The smallest absolute Gasteiger partial charge is 0.242 e. The number of nitrogens with one attached hydrogen (secondary N) is 2. The highest BCUT2D eigenvalue weighted by Gasteiger charge is 2.35. The van der Waals surface area contributed by atoms with Crippen molar-refractivity contribution in [1.82, 2.24) is 10.0 Å². The highest BCUT2D eigenvalue weighted by atomic mass is 35.5. The van der Waals surface area contributed by atoms with Gasteiger partial charge in [-0.15, -0.1) is 0 Å². The van der Waals surface area contributed by atoms with Crippen molar-refractivity contribution >= 4 is 21.6 Å². The first-order valence-corrected chi connectivity index (χ1v) is 8.33. The van der Waals surface area contributed by atoms with Crippen molar-refractivity contribution in [2.75, 3.05) is 26.8 Å². The van der Waals surface area contributed by atoms with Crippen LogP contribution in [0.15, 0.2) is 29.2 Å². The van der Waals surface area contributed by atoms with Gasteiger partial charge in [0.15, 0.2) is 0 Å². The Hall–Kier alpha value is -0.660. The summed E-state index contributed by atoms with van der Waals surface area (Å²) >= 11 is 5.94. The fraction of sp³-hybridized carbons (Fsp3) is 0.538. The molecular weight excluding hydrogens is 300 g/mol. The topological polar surface area (TPSA) is 67.4 Å². The third-order valence-electron chi connectivity index (χ3n) is 3.48. The van der Waals surface area contributed by atoms with Crippen LogP contribution in [-0.2, 0) is 14.8 Å². The average Bonchev–Trinajstić information content (AvgIpc) is 2.87. The lowest BCUT2D eigenvalue weighted by Crippen LogP contribution is -2.52. The number of ether oxygens (including phenoxy) is 1. The van der Waals surface area contributed by atoms with Crippen molar-refractivity contribution in [3.8, 4) is 0 Å². The zero-order valence-electron chi connectivity index (χ0n) is 11.4. The van der Waals surface area contributed by atoms with Crippen molar-refractivity contribution in [3.05, 3.63) is 29.3 Å². The Labute approximate surface area is 124 Å². The quantitative estimate of drug-likeness (QED) is 0.831. The van der Waals surface area contributed by atoms with Crippen molar-refractivity contribution < 1.29 is 13.2 Å². The molecule has 2 N–H and O–H groups in total. The highest BCUT2D eigenvalue weighted by molar-refractivity contribution is 7.89. The van der Waals surface area contributed by atoms with E-state index in [1.165, 1.54) is 6.07 Å². The second-order valence-electron chi connectivity index (χ2n) is 5.00. The summed E-state index contributed by atoms with van der Waals surface area (Å²) in [5.74, 6) is 0. The predicted octanol–water partition coefficient (Wildman–Crippen LogP) is 1.39. The number of hydrogen-bond acceptors (Lipinski definition) is 4. The summed E-state index contributed by atoms with van der Waals surface area (Å²) in [6.45, 7) is 1.63. The number of rotatable bonds is 6. The summed E-state index contributed by atoms with van der Waals surface area (Å²) in [6.07, 6.45) is 1.89. The largest absolute Gasteiger partial charge is 0.383 e. The van der Waals surface area contributed by atoms with Crippen LogP contribution in [0.2, 0.25) is 5.02 Å². The maximum absolute atomic E-state index is 12.3. The molecule has 112 valence electrons. The third-order valence-corrected chi connectivity index (χ3v) is 5.38. The lowest BCUT2D eigenvalue weighted by molar-refractivity contribution is 0.122. The number of hydrogen-bond donors (Lipinski definition) is 2. The van der Waals surface area contributed by atoms with Gasteiger partial charge in [-0.1, -0.05) is 23.7 Å². The third kappa shape index (κ3) is 3.51. The van der Waals surface area contributed by atoms with Gasteiger partial charge < -0.3 is 10.1 Å². The molecule has 1 heterocycles. The molecule has 1 aromatic rings. The summed E-state index contributed by atoms with van der Waals surface area (Å²) in [5, 5.41) is 3.55. The minimum atomic E-state index is -3.61. The van der Waals surface area contributed by atoms with Gasteiger partial charge in [0.25, 0.3) is 0 Å². The van der Waals surface area contributed by atoms with E-state index in [9.17, 15) is 8.42 Å². The summed E-state index contributed by atoms with van der Waals surface area (Å²) in [5.41, 5.74) is -0.330. The van der Waals surface area contributed by atoms with E-state index in [2.05, 4.69) is 10.0 Å². The molecule has 0 spiro atoms. The first-order chi connectivity index (χ1) is 9.49. The van der Waals surface area contributed by atoms with Crippen LogP contribution in [-0.4, -0.2) is 40.8 Å². The summed E-state index contributed by atoms with van der Waals surface area (Å²) in [4.78, 5) is 0.104. The van der Waals surface area contributed by atoms with E-state index in [-0.39, 0.29) is 22.0 Å². The van der Waals surface area contributed by atoms with Crippen LogP contribution >= 0.6 is 11.6 Å². The molecule has 7 heteroatoms. The van der Waals surface area contributed by atoms with Gasteiger partial charge in [-0.25, -0.2) is 13.1 Å². The molecule has 0 aliphatic carbocycles.